The van der Waals surface area contributed by atoms with Crippen LogP contribution in [-0.2, 0) is 4.79 Å². The van der Waals surface area contributed by atoms with Gasteiger partial charge in [0.15, 0.2) is 0 Å². The first-order valence-electron chi connectivity index (χ1n) is 10.1. The third-order valence-corrected chi connectivity index (χ3v) is 6.23. The molecular formula is C21H34N4O. The minimum Gasteiger partial charge on any atom is -0.340 e. The van der Waals surface area contributed by atoms with E-state index < -0.39 is 0 Å². The molecule has 0 saturated carbocycles. The summed E-state index contributed by atoms with van der Waals surface area (Å²) in [5.41, 5.74) is 6.95. The van der Waals surface area contributed by atoms with E-state index >= 15 is 0 Å². The van der Waals surface area contributed by atoms with Crippen molar-refractivity contribution in [2.45, 2.75) is 44.7 Å². The second kappa shape index (κ2) is 8.98. The van der Waals surface area contributed by atoms with Crippen LogP contribution < -0.4 is 5.73 Å². The van der Waals surface area contributed by atoms with E-state index in [1.807, 2.05) is 35.2 Å². The SMILES string of the molecule is C[C@@H]1CC[C@H](C)N1CCN1CCN(C(=O)[C@H](CN)c2ccccc2)CC1. The van der Waals surface area contributed by atoms with E-state index in [1.54, 1.807) is 0 Å². The lowest BCUT2D eigenvalue weighted by molar-refractivity contribution is -0.134. The van der Waals surface area contributed by atoms with Gasteiger partial charge < -0.3 is 10.6 Å². The predicted octanol–water partition coefficient (Wildman–Crippen LogP) is 1.75. The molecule has 5 heteroatoms. The Hall–Kier alpha value is -1.43. The van der Waals surface area contributed by atoms with Crippen molar-refractivity contribution in [1.82, 2.24) is 14.7 Å². The van der Waals surface area contributed by atoms with Crippen molar-refractivity contribution < 1.29 is 4.79 Å². The molecule has 0 spiro atoms. The number of carbonyl (C=O) groups excluding carboxylic acids is 1. The van der Waals surface area contributed by atoms with Crippen LogP contribution in [0.15, 0.2) is 30.3 Å². The molecule has 2 aliphatic rings. The largest absolute Gasteiger partial charge is 0.340 e. The molecule has 26 heavy (non-hydrogen) atoms. The summed E-state index contributed by atoms with van der Waals surface area (Å²) in [5.74, 6) is -0.0332. The van der Waals surface area contributed by atoms with Crippen molar-refractivity contribution in [2.24, 2.45) is 5.73 Å². The molecule has 2 saturated heterocycles. The van der Waals surface area contributed by atoms with Crippen molar-refractivity contribution in [3.63, 3.8) is 0 Å². The Kier molecular flexibility index (Phi) is 6.68. The van der Waals surface area contributed by atoms with Crippen LogP contribution in [0.3, 0.4) is 0 Å². The number of piperazine rings is 1. The zero-order valence-electron chi connectivity index (χ0n) is 16.3. The molecule has 3 rings (SSSR count). The molecule has 0 unspecified atom stereocenters. The summed E-state index contributed by atoms with van der Waals surface area (Å²) < 4.78 is 0. The van der Waals surface area contributed by atoms with Gasteiger partial charge in [0, 0.05) is 57.9 Å². The van der Waals surface area contributed by atoms with Crippen molar-refractivity contribution in [3.05, 3.63) is 35.9 Å². The maximum Gasteiger partial charge on any atom is 0.231 e. The van der Waals surface area contributed by atoms with Crippen molar-refractivity contribution in [3.8, 4) is 0 Å². The second-order valence-corrected chi connectivity index (χ2v) is 7.88. The molecule has 3 atom stereocenters. The second-order valence-electron chi connectivity index (χ2n) is 7.88. The highest BCUT2D eigenvalue weighted by Crippen LogP contribution is 2.23. The van der Waals surface area contributed by atoms with Gasteiger partial charge >= 0.3 is 0 Å². The molecule has 0 aliphatic carbocycles. The number of hydrogen-bond acceptors (Lipinski definition) is 4. The molecule has 144 valence electrons. The minimum absolute atomic E-state index is 0.181. The Balaban J connectivity index is 1.47. The molecule has 2 N–H and O–H groups in total. The summed E-state index contributed by atoms with van der Waals surface area (Å²) in [7, 11) is 0. The smallest absolute Gasteiger partial charge is 0.231 e. The fraction of sp³-hybridized carbons (Fsp3) is 0.667. The molecule has 2 heterocycles. The normalized spacial score (nSPS) is 26.2. The average Bonchev–Trinajstić information content (AvgIpc) is 2.99. The molecule has 1 amide bonds. The highest BCUT2D eigenvalue weighted by molar-refractivity contribution is 5.84. The van der Waals surface area contributed by atoms with Gasteiger partial charge in [0.2, 0.25) is 5.91 Å². The first-order valence-corrected chi connectivity index (χ1v) is 10.1. The third kappa shape index (κ3) is 4.45. The minimum atomic E-state index is -0.214. The van der Waals surface area contributed by atoms with Crippen molar-refractivity contribution >= 4 is 5.91 Å². The number of nitrogens with two attached hydrogens (primary N) is 1. The first kappa shape index (κ1) is 19.3. The Labute approximate surface area is 158 Å². The van der Waals surface area contributed by atoms with E-state index in [4.69, 9.17) is 5.73 Å². The summed E-state index contributed by atoms with van der Waals surface area (Å²) in [6.45, 7) is 10.9. The Bertz CT molecular complexity index is 561. The van der Waals surface area contributed by atoms with Gasteiger partial charge in [-0.3, -0.25) is 14.6 Å². The van der Waals surface area contributed by atoms with Gasteiger partial charge in [-0.2, -0.15) is 0 Å². The monoisotopic (exact) mass is 358 g/mol. The highest BCUT2D eigenvalue weighted by atomic mass is 16.2. The molecule has 2 aliphatic heterocycles. The quantitative estimate of drug-likeness (QED) is 0.842. The first-order chi connectivity index (χ1) is 12.6. The zero-order chi connectivity index (χ0) is 18.5. The van der Waals surface area contributed by atoms with Crippen LogP contribution in [0.1, 0.15) is 38.2 Å². The number of nitrogens with zero attached hydrogens (tertiary/aromatic N) is 3. The molecule has 2 fully saturated rings. The van der Waals surface area contributed by atoms with E-state index in [9.17, 15) is 4.79 Å². The summed E-state index contributed by atoms with van der Waals surface area (Å²) in [5, 5.41) is 0. The summed E-state index contributed by atoms with van der Waals surface area (Å²) in [6, 6.07) is 11.4. The molecule has 0 aromatic heterocycles. The van der Waals surface area contributed by atoms with Gasteiger partial charge in [-0.1, -0.05) is 30.3 Å². The van der Waals surface area contributed by atoms with Crippen LogP contribution in [0, 0.1) is 0 Å². The standard InChI is InChI=1S/C21H34N4O/c1-17-8-9-18(2)25(17)15-12-23-10-13-24(14-11-23)21(26)20(16-22)19-6-4-3-5-7-19/h3-7,17-18,20H,8-16,22H2,1-2H3/t17-,18+,20-/m1/s1. The highest BCUT2D eigenvalue weighted by Gasteiger charge is 2.30. The Morgan fingerprint density at radius 1 is 1.04 bits per heavy atom. The maximum atomic E-state index is 12.9. The Morgan fingerprint density at radius 3 is 2.23 bits per heavy atom. The molecule has 1 aromatic rings. The van der Waals surface area contributed by atoms with Crippen LogP contribution in [-0.4, -0.2) is 78.5 Å². The molecule has 0 radical (unpaired) electrons. The third-order valence-electron chi connectivity index (χ3n) is 6.23. The number of benzene rings is 1. The Morgan fingerprint density at radius 2 is 1.65 bits per heavy atom. The number of carbonyl (C=O) groups is 1. The summed E-state index contributed by atoms with van der Waals surface area (Å²) in [4.78, 5) is 20.0. The van der Waals surface area contributed by atoms with E-state index in [0.717, 1.165) is 44.8 Å². The van der Waals surface area contributed by atoms with E-state index in [1.165, 1.54) is 12.8 Å². The molecule has 5 nitrogen and oxygen atoms in total. The number of likely N-dealkylation sites (tertiary alicyclic amines) is 1. The van der Waals surface area contributed by atoms with E-state index in [-0.39, 0.29) is 11.8 Å². The van der Waals surface area contributed by atoms with E-state index in [0.29, 0.717) is 18.6 Å². The van der Waals surface area contributed by atoms with Gasteiger partial charge in [0.05, 0.1) is 5.92 Å². The van der Waals surface area contributed by atoms with Crippen LogP contribution in [0.5, 0.6) is 0 Å². The lowest BCUT2D eigenvalue weighted by Crippen LogP contribution is -2.52. The fourth-order valence-electron chi connectivity index (χ4n) is 4.42. The fourth-order valence-corrected chi connectivity index (χ4v) is 4.42. The van der Waals surface area contributed by atoms with Gasteiger partial charge in [0.1, 0.15) is 0 Å². The topological polar surface area (TPSA) is 52.8 Å². The van der Waals surface area contributed by atoms with Gasteiger partial charge in [-0.05, 0) is 32.3 Å². The summed E-state index contributed by atoms with van der Waals surface area (Å²) >= 11 is 0. The molecular weight excluding hydrogens is 324 g/mol. The van der Waals surface area contributed by atoms with Crippen LogP contribution >= 0.6 is 0 Å². The zero-order valence-corrected chi connectivity index (χ0v) is 16.3. The maximum absolute atomic E-state index is 12.9. The van der Waals surface area contributed by atoms with Gasteiger partial charge in [0.25, 0.3) is 0 Å². The average molecular weight is 359 g/mol. The van der Waals surface area contributed by atoms with Gasteiger partial charge in [-0.15, -0.1) is 0 Å². The van der Waals surface area contributed by atoms with Crippen LogP contribution in [0.25, 0.3) is 0 Å². The summed E-state index contributed by atoms with van der Waals surface area (Å²) in [6.07, 6.45) is 2.65. The van der Waals surface area contributed by atoms with Crippen LogP contribution in [0.4, 0.5) is 0 Å². The van der Waals surface area contributed by atoms with E-state index in [2.05, 4.69) is 23.6 Å². The lowest BCUT2D eigenvalue weighted by atomic mass is 9.97. The van der Waals surface area contributed by atoms with Crippen LogP contribution in [0.2, 0.25) is 0 Å². The predicted molar refractivity (Wildman–Crippen MR) is 106 cm³/mol. The van der Waals surface area contributed by atoms with Gasteiger partial charge in [-0.25, -0.2) is 0 Å². The number of amides is 1. The van der Waals surface area contributed by atoms with Crippen molar-refractivity contribution in [2.75, 3.05) is 45.8 Å². The lowest BCUT2D eigenvalue weighted by Gasteiger charge is -2.37. The number of rotatable bonds is 6. The molecule has 1 aromatic carbocycles. The van der Waals surface area contributed by atoms with Crippen molar-refractivity contribution in [1.29, 1.82) is 0 Å². The molecule has 0 bridgehead atoms. The number of hydrogen-bond donors (Lipinski definition) is 1.